The maximum absolute atomic E-state index is 14.2. The molecule has 0 atom stereocenters. The zero-order valence-electron chi connectivity index (χ0n) is 11.2. The number of nitrogens with zero attached hydrogens (tertiary/aromatic N) is 3. The molecule has 4 nitrogen and oxygen atoms in total. The fourth-order valence-corrected chi connectivity index (χ4v) is 3.00. The maximum atomic E-state index is 14.2. The van der Waals surface area contributed by atoms with Crippen LogP contribution in [0, 0.1) is 5.82 Å². The molecule has 1 aliphatic carbocycles. The predicted molar refractivity (Wildman–Crippen MR) is 81.0 cm³/mol. The summed E-state index contributed by atoms with van der Waals surface area (Å²) >= 11 is 1.51. The van der Waals surface area contributed by atoms with E-state index >= 15 is 0 Å². The predicted octanol–water partition coefficient (Wildman–Crippen LogP) is 3.59. The average molecular weight is 300 g/mol. The molecule has 1 aliphatic rings. The first-order chi connectivity index (χ1) is 10.2. The molecule has 6 heteroatoms. The Bertz CT molecular complexity index is 790. The van der Waals surface area contributed by atoms with Gasteiger partial charge in [0, 0.05) is 40.5 Å². The molecule has 106 valence electrons. The van der Waals surface area contributed by atoms with Crippen LogP contribution in [0.15, 0.2) is 36.0 Å². The first-order valence-electron chi connectivity index (χ1n) is 6.77. The number of halogens is 1. The minimum absolute atomic E-state index is 0.310. The fraction of sp³-hybridized carbons (Fsp3) is 0.200. The molecule has 21 heavy (non-hydrogen) atoms. The van der Waals surface area contributed by atoms with Crippen LogP contribution in [0.5, 0.6) is 0 Å². The van der Waals surface area contributed by atoms with Gasteiger partial charge in [-0.3, -0.25) is 0 Å². The van der Waals surface area contributed by atoms with Crippen molar-refractivity contribution in [2.24, 2.45) is 0 Å². The highest BCUT2D eigenvalue weighted by atomic mass is 32.1. The Morgan fingerprint density at radius 2 is 2.14 bits per heavy atom. The lowest BCUT2D eigenvalue weighted by atomic mass is 10.0. The molecule has 0 radical (unpaired) electrons. The van der Waals surface area contributed by atoms with Crippen LogP contribution < -0.4 is 5.73 Å². The molecule has 0 amide bonds. The van der Waals surface area contributed by atoms with E-state index in [0.29, 0.717) is 17.2 Å². The second kappa shape index (κ2) is 4.66. The second-order valence-corrected chi connectivity index (χ2v) is 6.07. The summed E-state index contributed by atoms with van der Waals surface area (Å²) in [5, 5.41) is 7.31. The number of aromatic nitrogens is 3. The van der Waals surface area contributed by atoms with Crippen molar-refractivity contribution in [2.45, 2.75) is 18.8 Å². The Morgan fingerprint density at radius 1 is 1.29 bits per heavy atom. The van der Waals surface area contributed by atoms with Crippen LogP contribution in [0.4, 0.5) is 10.1 Å². The van der Waals surface area contributed by atoms with Crippen molar-refractivity contribution in [1.29, 1.82) is 0 Å². The third-order valence-corrected chi connectivity index (χ3v) is 4.37. The van der Waals surface area contributed by atoms with Crippen molar-refractivity contribution < 1.29 is 4.39 Å². The molecule has 4 rings (SSSR count). The Hall–Kier alpha value is -2.21. The summed E-state index contributed by atoms with van der Waals surface area (Å²) < 4.78 is 16.0. The van der Waals surface area contributed by atoms with Crippen molar-refractivity contribution in [3.63, 3.8) is 0 Å². The van der Waals surface area contributed by atoms with Gasteiger partial charge >= 0.3 is 0 Å². The Labute approximate surface area is 125 Å². The number of rotatable bonds is 3. The molecule has 0 aliphatic heterocycles. The summed E-state index contributed by atoms with van der Waals surface area (Å²) in [5.41, 5.74) is 8.40. The summed E-state index contributed by atoms with van der Waals surface area (Å²) in [6, 6.07) is 4.79. The van der Waals surface area contributed by atoms with Gasteiger partial charge in [-0.25, -0.2) is 14.1 Å². The molecule has 2 N–H and O–H groups in total. The van der Waals surface area contributed by atoms with Gasteiger partial charge in [0.1, 0.15) is 5.82 Å². The second-order valence-electron chi connectivity index (χ2n) is 5.20. The monoisotopic (exact) mass is 300 g/mol. The van der Waals surface area contributed by atoms with Gasteiger partial charge in [0.25, 0.3) is 0 Å². The van der Waals surface area contributed by atoms with Crippen molar-refractivity contribution in [3.05, 3.63) is 47.5 Å². The minimum Gasteiger partial charge on any atom is -0.399 e. The Balaban J connectivity index is 1.87. The molecule has 0 spiro atoms. The van der Waals surface area contributed by atoms with Crippen LogP contribution >= 0.6 is 11.3 Å². The van der Waals surface area contributed by atoms with Gasteiger partial charge in [-0.15, -0.1) is 11.3 Å². The van der Waals surface area contributed by atoms with Crippen molar-refractivity contribution >= 4 is 17.0 Å². The lowest BCUT2D eigenvalue weighted by Crippen LogP contribution is -1.94. The minimum atomic E-state index is -0.310. The van der Waals surface area contributed by atoms with Gasteiger partial charge in [-0.2, -0.15) is 5.10 Å². The first kappa shape index (κ1) is 12.5. The fourth-order valence-electron chi connectivity index (χ4n) is 2.43. The molecular weight excluding hydrogens is 287 g/mol. The Morgan fingerprint density at radius 3 is 2.81 bits per heavy atom. The average Bonchev–Trinajstić information content (AvgIpc) is 3.00. The van der Waals surface area contributed by atoms with Gasteiger partial charge in [0.05, 0.1) is 5.69 Å². The highest BCUT2D eigenvalue weighted by Gasteiger charge is 2.30. The number of thiazole rings is 1. The largest absolute Gasteiger partial charge is 0.399 e. The van der Waals surface area contributed by atoms with E-state index < -0.39 is 0 Å². The third kappa shape index (κ3) is 2.21. The van der Waals surface area contributed by atoms with Crippen LogP contribution in [0.3, 0.4) is 0 Å². The summed E-state index contributed by atoms with van der Waals surface area (Å²) in [4.78, 5) is 4.26. The van der Waals surface area contributed by atoms with E-state index in [4.69, 9.17) is 5.73 Å². The lowest BCUT2D eigenvalue weighted by Gasteiger charge is -2.03. The van der Waals surface area contributed by atoms with Crippen LogP contribution in [0.2, 0.25) is 0 Å². The molecule has 1 fully saturated rings. The van der Waals surface area contributed by atoms with Gasteiger partial charge < -0.3 is 5.73 Å². The number of hydrogen-bond acceptors (Lipinski definition) is 4. The standard InChI is InChI=1S/C15H13FN4S/c16-13-7-10(17)3-4-11(13)12-8-20(15-18-5-6-21-15)19-14(12)9-1-2-9/h3-9H,1-2,17H2. The van der Waals surface area contributed by atoms with E-state index in [0.717, 1.165) is 29.2 Å². The smallest absolute Gasteiger partial charge is 0.210 e. The highest BCUT2D eigenvalue weighted by molar-refractivity contribution is 7.12. The van der Waals surface area contributed by atoms with E-state index in [1.807, 2.05) is 11.6 Å². The van der Waals surface area contributed by atoms with Crippen LogP contribution in [-0.2, 0) is 0 Å². The SMILES string of the molecule is Nc1ccc(-c2cn(-c3nccs3)nc2C2CC2)c(F)c1. The number of benzene rings is 1. The van der Waals surface area contributed by atoms with Crippen LogP contribution in [0.1, 0.15) is 24.5 Å². The van der Waals surface area contributed by atoms with Crippen molar-refractivity contribution in [2.75, 3.05) is 5.73 Å². The number of nitrogen functional groups attached to an aromatic ring is 1. The molecule has 0 unspecified atom stereocenters. The maximum Gasteiger partial charge on any atom is 0.210 e. The van der Waals surface area contributed by atoms with Crippen molar-refractivity contribution in [3.8, 4) is 16.3 Å². The quantitative estimate of drug-likeness (QED) is 0.752. The van der Waals surface area contributed by atoms with Gasteiger partial charge in [-0.1, -0.05) is 0 Å². The molecule has 2 heterocycles. The van der Waals surface area contributed by atoms with Gasteiger partial charge in [0.15, 0.2) is 0 Å². The zero-order valence-corrected chi connectivity index (χ0v) is 12.0. The van der Waals surface area contributed by atoms with Gasteiger partial charge in [-0.05, 0) is 31.0 Å². The molecular formula is C15H13FN4S. The molecule has 1 aromatic carbocycles. The van der Waals surface area contributed by atoms with Crippen LogP contribution in [-0.4, -0.2) is 14.8 Å². The molecule has 3 aromatic rings. The zero-order chi connectivity index (χ0) is 14.4. The number of anilines is 1. The first-order valence-corrected chi connectivity index (χ1v) is 7.65. The summed E-state index contributed by atoms with van der Waals surface area (Å²) in [6.07, 6.45) is 5.82. The van der Waals surface area contributed by atoms with E-state index in [1.54, 1.807) is 23.0 Å². The molecule has 0 bridgehead atoms. The number of hydrogen-bond donors (Lipinski definition) is 1. The lowest BCUT2D eigenvalue weighted by molar-refractivity contribution is 0.632. The van der Waals surface area contributed by atoms with Gasteiger partial charge in [0.2, 0.25) is 5.13 Å². The summed E-state index contributed by atoms with van der Waals surface area (Å²) in [6.45, 7) is 0. The van der Waals surface area contributed by atoms with E-state index in [-0.39, 0.29) is 5.82 Å². The topological polar surface area (TPSA) is 56.7 Å². The molecule has 0 saturated heterocycles. The summed E-state index contributed by atoms with van der Waals surface area (Å²) in [5.74, 6) is 0.119. The van der Waals surface area contributed by atoms with Crippen molar-refractivity contribution in [1.82, 2.24) is 14.8 Å². The highest BCUT2D eigenvalue weighted by Crippen LogP contribution is 2.44. The summed E-state index contributed by atoms with van der Waals surface area (Å²) in [7, 11) is 0. The van der Waals surface area contributed by atoms with E-state index in [1.165, 1.54) is 17.4 Å². The van der Waals surface area contributed by atoms with E-state index in [2.05, 4.69) is 10.1 Å². The third-order valence-electron chi connectivity index (χ3n) is 3.61. The number of nitrogens with two attached hydrogens (primary N) is 1. The van der Waals surface area contributed by atoms with E-state index in [9.17, 15) is 4.39 Å². The molecule has 2 aromatic heterocycles. The Kier molecular flexibility index (Phi) is 2.78. The van der Waals surface area contributed by atoms with Crippen LogP contribution in [0.25, 0.3) is 16.3 Å². The molecule has 1 saturated carbocycles. The normalized spacial score (nSPS) is 14.5.